The van der Waals surface area contributed by atoms with E-state index in [1.54, 1.807) is 13.4 Å². The molecule has 2 aromatic heterocycles. The summed E-state index contributed by atoms with van der Waals surface area (Å²) < 4.78 is 8.38. The molecule has 0 aliphatic rings. The van der Waals surface area contributed by atoms with Gasteiger partial charge in [-0.15, -0.1) is 0 Å². The van der Waals surface area contributed by atoms with E-state index < -0.39 is 0 Å². The number of fused-ring (bicyclic) bond motifs is 1. The molecular formula is C15H17N4O2+. The van der Waals surface area contributed by atoms with Gasteiger partial charge in [-0.3, -0.25) is 9.36 Å². The van der Waals surface area contributed by atoms with Crippen molar-refractivity contribution in [3.05, 3.63) is 52.1 Å². The predicted octanol–water partition coefficient (Wildman–Crippen LogP) is 0.914. The minimum atomic E-state index is -0.134. The van der Waals surface area contributed by atoms with Crippen molar-refractivity contribution in [1.82, 2.24) is 14.5 Å². The van der Waals surface area contributed by atoms with E-state index in [0.29, 0.717) is 17.7 Å². The lowest BCUT2D eigenvalue weighted by Gasteiger charge is -2.04. The molecule has 6 nitrogen and oxygen atoms in total. The van der Waals surface area contributed by atoms with E-state index in [-0.39, 0.29) is 11.6 Å². The molecule has 0 fully saturated rings. The summed E-state index contributed by atoms with van der Waals surface area (Å²) in [5.74, 6) is 0. The van der Waals surface area contributed by atoms with Gasteiger partial charge < -0.3 is 4.74 Å². The molecule has 0 aliphatic carbocycles. The molecule has 0 radical (unpaired) electrons. The lowest BCUT2D eigenvalue weighted by molar-refractivity contribution is -0.662. The number of aryl methyl sites for hydroxylation is 1. The Kier molecular flexibility index (Phi) is 3.21. The standard InChI is InChI=1S/C15H16N4O2/c1-10-5-4-6-11(7-10)8-19-9-16-13-12(19)14(20)18(2)15(17-13)21-3/h4-7,9H,8H2,1-3H3/p+1. The topological polar surface area (TPSA) is 63.8 Å². The van der Waals surface area contributed by atoms with Crippen LogP contribution >= 0.6 is 0 Å². The summed E-state index contributed by atoms with van der Waals surface area (Å²) in [4.78, 5) is 19.8. The highest BCUT2D eigenvalue weighted by Crippen LogP contribution is 2.08. The molecule has 108 valence electrons. The highest BCUT2D eigenvalue weighted by molar-refractivity contribution is 5.64. The number of hydrogen-bond acceptors (Lipinski definition) is 3. The van der Waals surface area contributed by atoms with Crippen molar-refractivity contribution in [3.63, 3.8) is 0 Å². The highest BCUT2D eigenvalue weighted by atomic mass is 16.5. The van der Waals surface area contributed by atoms with Gasteiger partial charge in [0.2, 0.25) is 6.33 Å². The Morgan fingerprint density at radius 1 is 1.43 bits per heavy atom. The fourth-order valence-corrected chi connectivity index (χ4v) is 2.45. The van der Waals surface area contributed by atoms with Crippen molar-refractivity contribution < 1.29 is 9.30 Å². The Morgan fingerprint density at radius 3 is 2.95 bits per heavy atom. The van der Waals surface area contributed by atoms with Gasteiger partial charge in [-0.2, -0.15) is 4.98 Å². The number of benzene rings is 1. The molecule has 1 aromatic carbocycles. The lowest BCUT2D eigenvalue weighted by atomic mass is 10.1. The van der Waals surface area contributed by atoms with Crippen molar-refractivity contribution in [2.45, 2.75) is 13.5 Å². The molecule has 1 N–H and O–H groups in total. The third-order valence-corrected chi connectivity index (χ3v) is 3.49. The second-order valence-corrected chi connectivity index (χ2v) is 5.05. The zero-order valence-electron chi connectivity index (χ0n) is 12.3. The summed E-state index contributed by atoms with van der Waals surface area (Å²) >= 11 is 0. The van der Waals surface area contributed by atoms with Gasteiger partial charge in [0.25, 0.3) is 11.2 Å². The monoisotopic (exact) mass is 285 g/mol. The van der Waals surface area contributed by atoms with Gasteiger partial charge >= 0.3 is 11.6 Å². The summed E-state index contributed by atoms with van der Waals surface area (Å²) in [7, 11) is 3.15. The second-order valence-electron chi connectivity index (χ2n) is 5.05. The zero-order chi connectivity index (χ0) is 15.0. The minimum absolute atomic E-state index is 0.134. The van der Waals surface area contributed by atoms with E-state index in [4.69, 9.17) is 4.74 Å². The number of nitrogens with zero attached hydrogens (tertiary/aromatic N) is 3. The zero-order valence-corrected chi connectivity index (χ0v) is 12.3. The molecule has 3 rings (SSSR count). The summed E-state index contributed by atoms with van der Waals surface area (Å²) in [6.07, 6.45) is 1.76. The maximum absolute atomic E-state index is 12.4. The number of H-pyrrole nitrogens is 1. The Hall–Kier alpha value is -2.63. The van der Waals surface area contributed by atoms with E-state index in [2.05, 4.69) is 29.0 Å². The van der Waals surface area contributed by atoms with Crippen LogP contribution in [-0.2, 0) is 13.6 Å². The van der Waals surface area contributed by atoms with Crippen molar-refractivity contribution in [1.29, 1.82) is 0 Å². The molecule has 0 bridgehead atoms. The molecule has 0 saturated carbocycles. The van der Waals surface area contributed by atoms with Gasteiger partial charge in [0.1, 0.15) is 6.54 Å². The lowest BCUT2D eigenvalue weighted by Crippen LogP contribution is -2.38. The van der Waals surface area contributed by atoms with Crippen LogP contribution in [0.2, 0.25) is 0 Å². The van der Waals surface area contributed by atoms with Gasteiger partial charge in [-0.05, 0) is 12.5 Å². The van der Waals surface area contributed by atoms with E-state index in [0.717, 1.165) is 5.56 Å². The first-order valence-electron chi connectivity index (χ1n) is 6.67. The maximum Gasteiger partial charge on any atom is 0.307 e. The normalized spacial score (nSPS) is 11.0. The van der Waals surface area contributed by atoms with Crippen LogP contribution in [0.5, 0.6) is 6.01 Å². The molecule has 0 saturated heterocycles. The number of rotatable bonds is 3. The molecule has 0 unspecified atom stereocenters. The fourth-order valence-electron chi connectivity index (χ4n) is 2.45. The minimum Gasteiger partial charge on any atom is -0.468 e. The molecule has 3 aromatic rings. The van der Waals surface area contributed by atoms with Crippen molar-refractivity contribution in [2.24, 2.45) is 7.05 Å². The second kappa shape index (κ2) is 5.05. The fraction of sp³-hybridized carbons (Fsp3) is 0.267. The van der Waals surface area contributed by atoms with Crippen LogP contribution < -0.4 is 14.9 Å². The summed E-state index contributed by atoms with van der Waals surface area (Å²) in [5.41, 5.74) is 3.27. The van der Waals surface area contributed by atoms with Crippen LogP contribution in [0, 0.1) is 6.92 Å². The molecular weight excluding hydrogens is 268 g/mol. The number of hydrogen-bond donors (Lipinski definition) is 1. The molecule has 21 heavy (non-hydrogen) atoms. The van der Waals surface area contributed by atoms with Gasteiger partial charge in [-0.1, -0.05) is 29.8 Å². The first kappa shape index (κ1) is 13.4. The quantitative estimate of drug-likeness (QED) is 0.728. The first-order chi connectivity index (χ1) is 10.1. The molecule has 0 amide bonds. The van der Waals surface area contributed by atoms with Gasteiger partial charge in [0.05, 0.1) is 7.11 Å². The summed E-state index contributed by atoms with van der Waals surface area (Å²) in [6, 6.07) is 8.50. The van der Waals surface area contributed by atoms with E-state index in [1.165, 1.54) is 17.2 Å². The van der Waals surface area contributed by atoms with Crippen LogP contribution in [0.4, 0.5) is 0 Å². The number of methoxy groups -OCH3 is 1. The van der Waals surface area contributed by atoms with Crippen molar-refractivity contribution in [2.75, 3.05) is 7.11 Å². The first-order valence-corrected chi connectivity index (χ1v) is 6.67. The molecule has 0 atom stereocenters. The van der Waals surface area contributed by atoms with Crippen LogP contribution in [0.15, 0.2) is 35.4 Å². The number of imidazole rings is 1. The predicted molar refractivity (Wildman–Crippen MR) is 78.4 cm³/mol. The van der Waals surface area contributed by atoms with Gasteiger partial charge in [0, 0.05) is 7.05 Å². The number of aromatic nitrogens is 4. The van der Waals surface area contributed by atoms with Gasteiger partial charge in [-0.25, -0.2) is 9.55 Å². The Labute approximate surface area is 121 Å². The van der Waals surface area contributed by atoms with Crippen molar-refractivity contribution in [3.8, 4) is 6.01 Å². The largest absolute Gasteiger partial charge is 0.468 e. The maximum atomic E-state index is 12.4. The van der Waals surface area contributed by atoms with Crippen LogP contribution in [-0.4, -0.2) is 21.6 Å². The average Bonchev–Trinajstić information content (AvgIpc) is 2.86. The van der Waals surface area contributed by atoms with E-state index >= 15 is 0 Å². The highest BCUT2D eigenvalue weighted by Gasteiger charge is 2.19. The Balaban J connectivity index is 2.12. The molecule has 0 aliphatic heterocycles. The summed E-state index contributed by atoms with van der Waals surface area (Å²) in [5, 5.41) is 0. The summed E-state index contributed by atoms with van der Waals surface area (Å²) in [6.45, 7) is 2.67. The molecule has 2 heterocycles. The third-order valence-electron chi connectivity index (χ3n) is 3.49. The third kappa shape index (κ3) is 2.29. The Bertz CT molecular complexity index is 864. The van der Waals surface area contributed by atoms with Crippen molar-refractivity contribution >= 4 is 11.2 Å². The van der Waals surface area contributed by atoms with Crippen LogP contribution in [0.3, 0.4) is 0 Å². The number of nitrogens with one attached hydrogen (secondary N) is 1. The average molecular weight is 285 g/mol. The molecule has 0 spiro atoms. The van der Waals surface area contributed by atoms with Gasteiger partial charge in [0.15, 0.2) is 0 Å². The van der Waals surface area contributed by atoms with E-state index in [9.17, 15) is 4.79 Å². The Morgan fingerprint density at radius 2 is 2.24 bits per heavy atom. The smallest absolute Gasteiger partial charge is 0.307 e. The number of aromatic amines is 1. The van der Waals surface area contributed by atoms with Crippen LogP contribution in [0.1, 0.15) is 11.1 Å². The van der Waals surface area contributed by atoms with Crippen LogP contribution in [0.25, 0.3) is 11.2 Å². The molecule has 6 heteroatoms. The van der Waals surface area contributed by atoms with E-state index in [1.807, 2.05) is 16.7 Å². The number of ether oxygens (including phenoxy) is 1. The SMILES string of the molecule is COc1nc2[nH]c[n+](Cc3cccc(C)c3)c2c(=O)n1C.